The summed E-state index contributed by atoms with van der Waals surface area (Å²) in [6, 6.07) is 12.9. The highest BCUT2D eigenvalue weighted by Gasteiger charge is 2.07. The first kappa shape index (κ1) is 15.9. The third-order valence-electron chi connectivity index (χ3n) is 2.74. The lowest BCUT2D eigenvalue weighted by Gasteiger charge is -2.08. The average molecular weight is 319 g/mol. The Morgan fingerprint density at radius 2 is 1.73 bits per heavy atom. The van der Waals surface area contributed by atoms with Crippen LogP contribution < -0.4 is 10.6 Å². The Labute approximate surface area is 133 Å². The molecule has 0 saturated heterocycles. The van der Waals surface area contributed by atoms with Gasteiger partial charge < -0.3 is 15.4 Å². The molecule has 2 rings (SSSR count). The molecule has 2 aromatic rings. The third-order valence-corrected chi connectivity index (χ3v) is 2.97. The monoisotopic (exact) mass is 318 g/mol. The molecule has 6 heteroatoms. The normalized spacial score (nSPS) is 9.91. The summed E-state index contributed by atoms with van der Waals surface area (Å²) in [5.41, 5.74) is 1.59. The van der Waals surface area contributed by atoms with Crippen molar-refractivity contribution in [3.05, 3.63) is 59.1 Å². The fraction of sp³-hybridized carbons (Fsp3) is 0.125. The maximum Gasteiger partial charge on any atom is 0.338 e. The molecular formula is C16H15ClN2O3. The van der Waals surface area contributed by atoms with E-state index in [2.05, 4.69) is 10.6 Å². The van der Waals surface area contributed by atoms with Gasteiger partial charge in [0.2, 0.25) is 0 Å². The number of anilines is 2. The summed E-state index contributed by atoms with van der Waals surface area (Å²) in [6.07, 6.45) is 0. The number of carbonyl (C=O) groups excluding carboxylic acids is 2. The van der Waals surface area contributed by atoms with E-state index in [1.54, 1.807) is 55.5 Å². The van der Waals surface area contributed by atoms with E-state index < -0.39 is 12.0 Å². The minimum atomic E-state index is -0.397. The highest BCUT2D eigenvalue weighted by Crippen LogP contribution is 2.16. The van der Waals surface area contributed by atoms with Crippen molar-refractivity contribution in [1.82, 2.24) is 0 Å². The standard InChI is InChI=1S/C16H15ClN2O3/c1-2-22-15(20)11-6-8-13(9-7-11)18-16(21)19-14-5-3-4-12(17)10-14/h3-10H,2H2,1H3,(H2,18,19,21). The molecule has 2 amide bonds. The van der Waals surface area contributed by atoms with Gasteiger partial charge in [-0.05, 0) is 49.4 Å². The third kappa shape index (κ3) is 4.49. The number of urea groups is 1. The Morgan fingerprint density at radius 3 is 2.36 bits per heavy atom. The number of nitrogens with one attached hydrogen (secondary N) is 2. The van der Waals surface area contributed by atoms with E-state index in [1.165, 1.54) is 0 Å². The molecule has 0 aliphatic rings. The van der Waals surface area contributed by atoms with Crippen LogP contribution in [0.1, 0.15) is 17.3 Å². The second-order valence-corrected chi connectivity index (χ2v) is 4.82. The van der Waals surface area contributed by atoms with Crippen LogP contribution in [0.25, 0.3) is 0 Å². The van der Waals surface area contributed by atoms with Crippen molar-refractivity contribution >= 4 is 35.0 Å². The molecule has 2 aromatic carbocycles. The van der Waals surface area contributed by atoms with Crippen LogP contribution in [0.4, 0.5) is 16.2 Å². The molecule has 0 radical (unpaired) electrons. The molecule has 0 saturated carbocycles. The van der Waals surface area contributed by atoms with E-state index in [4.69, 9.17) is 16.3 Å². The number of ether oxygens (including phenoxy) is 1. The van der Waals surface area contributed by atoms with Gasteiger partial charge in [-0.1, -0.05) is 17.7 Å². The van der Waals surface area contributed by atoms with Crippen molar-refractivity contribution in [2.45, 2.75) is 6.92 Å². The Kier molecular flexibility index (Phi) is 5.38. The Morgan fingerprint density at radius 1 is 1.05 bits per heavy atom. The second-order valence-electron chi connectivity index (χ2n) is 4.39. The highest BCUT2D eigenvalue weighted by atomic mass is 35.5. The summed E-state index contributed by atoms with van der Waals surface area (Å²) in [4.78, 5) is 23.4. The van der Waals surface area contributed by atoms with E-state index in [0.717, 1.165) is 0 Å². The fourth-order valence-corrected chi connectivity index (χ4v) is 1.95. The lowest BCUT2D eigenvalue weighted by molar-refractivity contribution is 0.0526. The number of carbonyl (C=O) groups is 2. The summed E-state index contributed by atoms with van der Waals surface area (Å²) in [7, 11) is 0. The Hall–Kier alpha value is -2.53. The minimum Gasteiger partial charge on any atom is -0.462 e. The SMILES string of the molecule is CCOC(=O)c1ccc(NC(=O)Nc2cccc(Cl)c2)cc1. The van der Waals surface area contributed by atoms with Crippen LogP contribution in [0.15, 0.2) is 48.5 Å². The van der Waals surface area contributed by atoms with Gasteiger partial charge in [-0.15, -0.1) is 0 Å². The van der Waals surface area contributed by atoms with Gasteiger partial charge in [-0.2, -0.15) is 0 Å². The van der Waals surface area contributed by atoms with Crippen LogP contribution in [0, 0.1) is 0 Å². The molecule has 0 aromatic heterocycles. The molecule has 22 heavy (non-hydrogen) atoms. The molecule has 5 nitrogen and oxygen atoms in total. The molecule has 0 spiro atoms. The van der Waals surface area contributed by atoms with Crippen molar-refractivity contribution in [3.8, 4) is 0 Å². The number of benzene rings is 2. The topological polar surface area (TPSA) is 67.4 Å². The summed E-state index contributed by atoms with van der Waals surface area (Å²) in [5.74, 6) is -0.391. The number of halogens is 1. The number of amides is 2. The molecule has 0 aliphatic heterocycles. The molecule has 0 aliphatic carbocycles. The molecule has 2 N–H and O–H groups in total. The van der Waals surface area contributed by atoms with Crippen LogP contribution in [0.5, 0.6) is 0 Å². The maximum atomic E-state index is 11.9. The van der Waals surface area contributed by atoms with Gasteiger partial charge in [0.05, 0.1) is 12.2 Å². The van der Waals surface area contributed by atoms with E-state index >= 15 is 0 Å². The van der Waals surface area contributed by atoms with Crippen molar-refractivity contribution in [2.75, 3.05) is 17.2 Å². The van der Waals surface area contributed by atoms with Crippen molar-refractivity contribution in [1.29, 1.82) is 0 Å². The number of hydrogen-bond donors (Lipinski definition) is 2. The molecule has 114 valence electrons. The van der Waals surface area contributed by atoms with Gasteiger partial charge in [0.1, 0.15) is 0 Å². The van der Waals surface area contributed by atoms with Crippen LogP contribution >= 0.6 is 11.6 Å². The second kappa shape index (κ2) is 7.47. The lowest BCUT2D eigenvalue weighted by Crippen LogP contribution is -2.19. The van der Waals surface area contributed by atoms with Crippen LogP contribution in [0.2, 0.25) is 5.02 Å². The van der Waals surface area contributed by atoms with Crippen LogP contribution in [0.3, 0.4) is 0 Å². The first-order valence-corrected chi connectivity index (χ1v) is 7.07. The smallest absolute Gasteiger partial charge is 0.338 e. The van der Waals surface area contributed by atoms with Gasteiger partial charge in [0, 0.05) is 16.4 Å². The zero-order valence-electron chi connectivity index (χ0n) is 11.9. The van der Waals surface area contributed by atoms with Crippen LogP contribution in [-0.2, 0) is 4.74 Å². The minimum absolute atomic E-state index is 0.320. The van der Waals surface area contributed by atoms with Gasteiger partial charge in [-0.25, -0.2) is 9.59 Å². The van der Waals surface area contributed by atoms with E-state index in [1.807, 2.05) is 0 Å². The fourth-order valence-electron chi connectivity index (χ4n) is 1.76. The van der Waals surface area contributed by atoms with Gasteiger partial charge in [-0.3, -0.25) is 0 Å². The predicted octanol–water partition coefficient (Wildman–Crippen LogP) is 4.16. The zero-order chi connectivity index (χ0) is 15.9. The zero-order valence-corrected chi connectivity index (χ0v) is 12.7. The molecule has 0 heterocycles. The summed E-state index contributed by atoms with van der Waals surface area (Å²) in [5, 5.41) is 5.86. The van der Waals surface area contributed by atoms with E-state index in [-0.39, 0.29) is 0 Å². The summed E-state index contributed by atoms with van der Waals surface area (Å²) in [6.45, 7) is 2.06. The van der Waals surface area contributed by atoms with Gasteiger partial charge in [0.25, 0.3) is 0 Å². The Balaban J connectivity index is 1.95. The highest BCUT2D eigenvalue weighted by molar-refractivity contribution is 6.30. The predicted molar refractivity (Wildman–Crippen MR) is 86.5 cm³/mol. The van der Waals surface area contributed by atoms with E-state index in [0.29, 0.717) is 28.6 Å². The maximum absolute atomic E-state index is 11.9. The van der Waals surface area contributed by atoms with E-state index in [9.17, 15) is 9.59 Å². The van der Waals surface area contributed by atoms with Crippen molar-refractivity contribution in [2.24, 2.45) is 0 Å². The molecule has 0 bridgehead atoms. The number of rotatable bonds is 4. The first-order valence-electron chi connectivity index (χ1n) is 6.69. The van der Waals surface area contributed by atoms with Crippen LogP contribution in [-0.4, -0.2) is 18.6 Å². The first-order chi connectivity index (χ1) is 10.6. The lowest BCUT2D eigenvalue weighted by atomic mass is 10.2. The van der Waals surface area contributed by atoms with Crippen molar-refractivity contribution < 1.29 is 14.3 Å². The number of hydrogen-bond acceptors (Lipinski definition) is 3. The quantitative estimate of drug-likeness (QED) is 0.832. The molecular weight excluding hydrogens is 304 g/mol. The summed E-state index contributed by atoms with van der Waals surface area (Å²) >= 11 is 5.85. The van der Waals surface area contributed by atoms with Crippen molar-refractivity contribution in [3.63, 3.8) is 0 Å². The molecule has 0 atom stereocenters. The van der Waals surface area contributed by atoms with Gasteiger partial charge >= 0.3 is 12.0 Å². The number of esters is 1. The van der Waals surface area contributed by atoms with Gasteiger partial charge in [0.15, 0.2) is 0 Å². The summed E-state index contributed by atoms with van der Waals surface area (Å²) < 4.78 is 4.89. The Bertz CT molecular complexity index is 671. The average Bonchev–Trinajstić information content (AvgIpc) is 2.48. The molecule has 0 unspecified atom stereocenters. The largest absolute Gasteiger partial charge is 0.462 e. The molecule has 0 fully saturated rings.